The fourth-order valence-corrected chi connectivity index (χ4v) is 1.86. The number of carbonyl (C=O) groups excluding carboxylic acids is 1. The van der Waals surface area contributed by atoms with Gasteiger partial charge in [-0.2, -0.15) is 0 Å². The second-order valence-electron chi connectivity index (χ2n) is 4.42. The predicted octanol–water partition coefficient (Wildman–Crippen LogP) is 1.86. The molecule has 1 aromatic heterocycles. The molecule has 0 saturated carbocycles. The fraction of sp³-hybridized carbons (Fsp3) is 0.200. The third kappa shape index (κ3) is 3.55. The van der Waals surface area contributed by atoms with Crippen molar-refractivity contribution in [2.75, 3.05) is 18.5 Å². The van der Waals surface area contributed by atoms with Crippen molar-refractivity contribution in [3.05, 3.63) is 59.9 Å². The van der Waals surface area contributed by atoms with Crippen molar-refractivity contribution < 1.29 is 4.79 Å². The SMILES string of the molecule is CN(CCc1ccccc1)c1ccnc(C(N)=O)c1. The topological polar surface area (TPSA) is 59.2 Å². The summed E-state index contributed by atoms with van der Waals surface area (Å²) in [4.78, 5) is 17.1. The van der Waals surface area contributed by atoms with Gasteiger partial charge in [-0.1, -0.05) is 30.3 Å². The number of nitrogens with two attached hydrogens (primary N) is 1. The lowest BCUT2D eigenvalue weighted by Gasteiger charge is -2.19. The van der Waals surface area contributed by atoms with Crippen molar-refractivity contribution >= 4 is 11.6 Å². The zero-order valence-corrected chi connectivity index (χ0v) is 10.9. The molecule has 1 amide bonds. The highest BCUT2D eigenvalue weighted by Crippen LogP contribution is 2.13. The first-order valence-corrected chi connectivity index (χ1v) is 6.18. The molecule has 0 saturated heterocycles. The van der Waals surface area contributed by atoms with E-state index in [2.05, 4.69) is 22.0 Å². The van der Waals surface area contributed by atoms with Gasteiger partial charge in [-0.15, -0.1) is 0 Å². The van der Waals surface area contributed by atoms with Gasteiger partial charge >= 0.3 is 0 Å². The van der Waals surface area contributed by atoms with Crippen LogP contribution in [0.2, 0.25) is 0 Å². The minimum Gasteiger partial charge on any atom is -0.374 e. The maximum absolute atomic E-state index is 11.1. The molecule has 0 fully saturated rings. The first kappa shape index (κ1) is 13.1. The molecule has 0 unspecified atom stereocenters. The van der Waals surface area contributed by atoms with Crippen LogP contribution in [0.25, 0.3) is 0 Å². The number of carbonyl (C=O) groups is 1. The minimum atomic E-state index is -0.502. The Kier molecular flexibility index (Phi) is 4.13. The van der Waals surface area contributed by atoms with Gasteiger partial charge in [0.05, 0.1) is 0 Å². The number of anilines is 1. The van der Waals surface area contributed by atoms with Crippen LogP contribution >= 0.6 is 0 Å². The smallest absolute Gasteiger partial charge is 0.267 e. The van der Waals surface area contributed by atoms with Gasteiger partial charge in [-0.25, -0.2) is 0 Å². The van der Waals surface area contributed by atoms with Gasteiger partial charge < -0.3 is 10.6 Å². The molecular weight excluding hydrogens is 238 g/mol. The third-order valence-corrected chi connectivity index (χ3v) is 3.02. The van der Waals surface area contributed by atoms with E-state index in [0.717, 1.165) is 18.7 Å². The van der Waals surface area contributed by atoms with E-state index in [1.807, 2.05) is 31.3 Å². The Morgan fingerprint density at radius 2 is 2.00 bits per heavy atom. The molecule has 4 heteroatoms. The molecular formula is C15H17N3O. The highest BCUT2D eigenvalue weighted by atomic mass is 16.1. The van der Waals surface area contributed by atoms with Crippen molar-refractivity contribution in [2.45, 2.75) is 6.42 Å². The van der Waals surface area contributed by atoms with Gasteiger partial charge in [-0.3, -0.25) is 9.78 Å². The van der Waals surface area contributed by atoms with E-state index >= 15 is 0 Å². The van der Waals surface area contributed by atoms with Gasteiger partial charge in [0.15, 0.2) is 0 Å². The number of hydrogen-bond donors (Lipinski definition) is 1. The molecule has 0 aliphatic rings. The third-order valence-electron chi connectivity index (χ3n) is 3.02. The zero-order chi connectivity index (χ0) is 13.7. The van der Waals surface area contributed by atoms with Crippen LogP contribution in [0, 0.1) is 0 Å². The summed E-state index contributed by atoms with van der Waals surface area (Å²) in [7, 11) is 1.99. The summed E-state index contributed by atoms with van der Waals surface area (Å²) in [5.74, 6) is -0.502. The Morgan fingerprint density at radius 3 is 2.68 bits per heavy atom. The second-order valence-corrected chi connectivity index (χ2v) is 4.42. The number of amides is 1. The van der Waals surface area contributed by atoms with Gasteiger partial charge in [-0.05, 0) is 24.1 Å². The second kappa shape index (κ2) is 6.00. The molecule has 1 heterocycles. The van der Waals surface area contributed by atoms with Crippen molar-refractivity contribution in [3.63, 3.8) is 0 Å². The summed E-state index contributed by atoms with van der Waals surface area (Å²) in [6.45, 7) is 0.867. The van der Waals surface area contributed by atoms with Crippen molar-refractivity contribution in [2.24, 2.45) is 5.73 Å². The molecule has 2 aromatic rings. The van der Waals surface area contributed by atoms with E-state index in [4.69, 9.17) is 5.73 Å². The molecule has 0 atom stereocenters. The number of primary amides is 1. The zero-order valence-electron chi connectivity index (χ0n) is 10.9. The summed E-state index contributed by atoms with van der Waals surface area (Å²) in [5, 5.41) is 0. The summed E-state index contributed by atoms with van der Waals surface area (Å²) in [6.07, 6.45) is 2.56. The van der Waals surface area contributed by atoms with E-state index in [1.54, 1.807) is 12.3 Å². The number of benzene rings is 1. The molecule has 0 aliphatic heterocycles. The maximum atomic E-state index is 11.1. The van der Waals surface area contributed by atoms with Crippen LogP contribution < -0.4 is 10.6 Å². The molecule has 1 aromatic carbocycles. The molecule has 0 spiro atoms. The van der Waals surface area contributed by atoms with E-state index in [0.29, 0.717) is 5.69 Å². The Labute approximate surface area is 112 Å². The molecule has 0 radical (unpaired) electrons. The predicted molar refractivity (Wildman–Crippen MR) is 76.2 cm³/mol. The average Bonchev–Trinajstić information content (AvgIpc) is 2.46. The summed E-state index contributed by atoms with van der Waals surface area (Å²) < 4.78 is 0. The van der Waals surface area contributed by atoms with Crippen molar-refractivity contribution in [3.8, 4) is 0 Å². The monoisotopic (exact) mass is 255 g/mol. The molecule has 98 valence electrons. The normalized spacial score (nSPS) is 10.2. The Bertz CT molecular complexity index is 554. The highest BCUT2D eigenvalue weighted by Gasteiger charge is 2.06. The Balaban J connectivity index is 2.02. The molecule has 2 rings (SSSR count). The molecule has 0 aliphatic carbocycles. The van der Waals surface area contributed by atoms with Crippen LogP contribution in [-0.2, 0) is 6.42 Å². The van der Waals surface area contributed by atoms with E-state index < -0.39 is 5.91 Å². The van der Waals surface area contributed by atoms with Crippen LogP contribution in [0.3, 0.4) is 0 Å². The maximum Gasteiger partial charge on any atom is 0.267 e. The van der Waals surface area contributed by atoms with Crippen LogP contribution in [0.5, 0.6) is 0 Å². The number of likely N-dealkylation sites (N-methyl/N-ethyl adjacent to an activating group) is 1. The summed E-state index contributed by atoms with van der Waals surface area (Å²) >= 11 is 0. The lowest BCUT2D eigenvalue weighted by Crippen LogP contribution is -2.21. The van der Waals surface area contributed by atoms with E-state index in [-0.39, 0.29) is 0 Å². The molecule has 19 heavy (non-hydrogen) atoms. The highest BCUT2D eigenvalue weighted by molar-refractivity contribution is 5.91. The lowest BCUT2D eigenvalue weighted by atomic mass is 10.1. The summed E-state index contributed by atoms with van der Waals surface area (Å²) in [5.41, 5.74) is 7.76. The average molecular weight is 255 g/mol. The number of rotatable bonds is 5. The van der Waals surface area contributed by atoms with Crippen LogP contribution in [0.4, 0.5) is 5.69 Å². The Morgan fingerprint density at radius 1 is 1.26 bits per heavy atom. The first-order valence-electron chi connectivity index (χ1n) is 6.18. The standard InChI is InChI=1S/C15H17N3O/c1-18(10-8-12-5-3-2-4-6-12)13-7-9-17-14(11-13)15(16)19/h2-7,9,11H,8,10H2,1H3,(H2,16,19). The number of aromatic nitrogens is 1. The number of hydrogen-bond acceptors (Lipinski definition) is 3. The fourth-order valence-electron chi connectivity index (χ4n) is 1.86. The largest absolute Gasteiger partial charge is 0.374 e. The minimum absolute atomic E-state index is 0.295. The van der Waals surface area contributed by atoms with Gasteiger partial charge in [0.25, 0.3) is 5.91 Å². The molecule has 4 nitrogen and oxygen atoms in total. The van der Waals surface area contributed by atoms with Crippen molar-refractivity contribution in [1.82, 2.24) is 4.98 Å². The van der Waals surface area contributed by atoms with Gasteiger partial charge in [0.2, 0.25) is 0 Å². The van der Waals surface area contributed by atoms with Gasteiger partial charge in [0, 0.05) is 25.5 Å². The number of nitrogens with zero attached hydrogens (tertiary/aromatic N) is 2. The quantitative estimate of drug-likeness (QED) is 0.887. The lowest BCUT2D eigenvalue weighted by molar-refractivity contribution is 0.0995. The van der Waals surface area contributed by atoms with Gasteiger partial charge in [0.1, 0.15) is 5.69 Å². The van der Waals surface area contributed by atoms with Crippen molar-refractivity contribution in [1.29, 1.82) is 0 Å². The Hall–Kier alpha value is -2.36. The summed E-state index contributed by atoms with van der Waals surface area (Å²) in [6, 6.07) is 13.9. The molecule has 2 N–H and O–H groups in total. The van der Waals surface area contributed by atoms with Crippen LogP contribution in [0.15, 0.2) is 48.7 Å². The number of pyridine rings is 1. The van der Waals surface area contributed by atoms with E-state index in [9.17, 15) is 4.79 Å². The molecule has 0 bridgehead atoms. The van der Waals surface area contributed by atoms with E-state index in [1.165, 1.54) is 5.56 Å². The van der Waals surface area contributed by atoms with Crippen LogP contribution in [0.1, 0.15) is 16.1 Å². The van der Waals surface area contributed by atoms with Crippen LogP contribution in [-0.4, -0.2) is 24.5 Å². The first-order chi connectivity index (χ1) is 9.16.